The fourth-order valence-electron chi connectivity index (χ4n) is 6.63. The lowest BCUT2D eigenvalue weighted by atomic mass is 9.89. The second kappa shape index (κ2) is 13.9. The van der Waals surface area contributed by atoms with E-state index in [2.05, 4.69) is 75.9 Å². The van der Waals surface area contributed by atoms with Gasteiger partial charge in [0.25, 0.3) is 0 Å². The van der Waals surface area contributed by atoms with Crippen LogP contribution in [0.3, 0.4) is 0 Å². The number of carbonyl (C=O) groups is 1. The molecule has 0 fully saturated rings. The quantitative estimate of drug-likeness (QED) is 0.222. The first-order valence-corrected chi connectivity index (χ1v) is 16.2. The molecule has 1 amide bonds. The van der Waals surface area contributed by atoms with E-state index in [9.17, 15) is 4.79 Å². The average Bonchev–Trinajstić information content (AvgIpc) is 3.04. The number of rotatable bonds is 9. The van der Waals surface area contributed by atoms with Gasteiger partial charge < -0.3 is 10.1 Å². The summed E-state index contributed by atoms with van der Waals surface area (Å²) in [5.41, 5.74) is 8.01. The number of carbonyl (C=O) groups excluding carboxylic acids is 1. The third-order valence-corrected chi connectivity index (χ3v) is 8.80. The van der Waals surface area contributed by atoms with Crippen LogP contribution in [0.2, 0.25) is 0 Å². The van der Waals surface area contributed by atoms with Gasteiger partial charge in [-0.25, -0.2) is 4.79 Å². The van der Waals surface area contributed by atoms with Gasteiger partial charge in [-0.1, -0.05) is 60.7 Å². The molecule has 0 radical (unpaired) electrons. The van der Waals surface area contributed by atoms with Crippen LogP contribution in [0, 0.1) is 0 Å². The minimum absolute atomic E-state index is 0.0149. The molecule has 2 aliphatic rings. The summed E-state index contributed by atoms with van der Waals surface area (Å²) >= 11 is 0. The van der Waals surface area contributed by atoms with E-state index in [0.29, 0.717) is 6.54 Å². The van der Waals surface area contributed by atoms with Crippen molar-refractivity contribution in [2.75, 3.05) is 6.54 Å². The first-order valence-electron chi connectivity index (χ1n) is 16.2. The number of hydrogen-bond donors (Lipinski definition) is 1. The second-order valence-electron chi connectivity index (χ2n) is 13.4. The normalized spacial score (nSPS) is 17.9. The monoisotopic (exact) mass is 603 g/mol. The van der Waals surface area contributed by atoms with Gasteiger partial charge in [0.15, 0.2) is 0 Å². The Kier molecular flexibility index (Phi) is 9.57. The van der Waals surface area contributed by atoms with Crippen LogP contribution in [0.5, 0.6) is 0 Å². The molecule has 0 unspecified atom stereocenters. The smallest absolute Gasteiger partial charge is 0.410 e. The molecule has 2 aromatic carbocycles. The largest absolute Gasteiger partial charge is 0.444 e. The number of fused-ring (bicyclic) bond motifs is 2. The zero-order valence-corrected chi connectivity index (χ0v) is 26.8. The number of aryl methyl sites for hydroxylation is 1. The van der Waals surface area contributed by atoms with E-state index in [1.54, 1.807) is 0 Å². The van der Waals surface area contributed by atoms with Crippen molar-refractivity contribution < 1.29 is 9.53 Å². The van der Waals surface area contributed by atoms with E-state index in [-0.39, 0.29) is 18.2 Å². The van der Waals surface area contributed by atoms with Crippen LogP contribution >= 0.6 is 0 Å². The molecule has 7 heteroatoms. The fraction of sp³-hybridized carbons (Fsp3) is 0.395. The first kappa shape index (κ1) is 30.9. The summed E-state index contributed by atoms with van der Waals surface area (Å²) in [5, 5.41) is 3.50. The highest BCUT2D eigenvalue weighted by Crippen LogP contribution is 2.35. The zero-order chi connectivity index (χ0) is 31.2. The van der Waals surface area contributed by atoms with Gasteiger partial charge >= 0.3 is 6.09 Å². The summed E-state index contributed by atoms with van der Waals surface area (Å²) in [7, 11) is 0. The first-order chi connectivity index (χ1) is 21.8. The van der Waals surface area contributed by atoms with Gasteiger partial charge in [0.2, 0.25) is 0 Å². The number of hydrogen-bond acceptors (Lipinski definition) is 6. The SMILES string of the molecule is CC(C)(C)OC(=O)N1Cc2ccccc2C[C@@H]1CN(Cc1ccc(CNCc2ccccn2)cc1)[C@H]1CCCc2cccnc21. The van der Waals surface area contributed by atoms with Crippen molar-refractivity contribution in [3.05, 3.63) is 130 Å². The van der Waals surface area contributed by atoms with E-state index >= 15 is 0 Å². The van der Waals surface area contributed by atoms with Crippen LogP contribution in [0.25, 0.3) is 0 Å². The second-order valence-corrected chi connectivity index (χ2v) is 13.4. The molecule has 0 spiro atoms. The maximum absolute atomic E-state index is 13.6. The summed E-state index contributed by atoms with van der Waals surface area (Å²) in [6.07, 6.45) is 7.55. The topological polar surface area (TPSA) is 70.6 Å². The summed E-state index contributed by atoms with van der Waals surface area (Å²) in [4.78, 5) is 27.5. The van der Waals surface area contributed by atoms with Gasteiger partial charge in [0, 0.05) is 45.1 Å². The minimum atomic E-state index is -0.557. The van der Waals surface area contributed by atoms with Crippen molar-refractivity contribution in [2.24, 2.45) is 0 Å². The molecular formula is C38H45N5O2. The fourth-order valence-corrected chi connectivity index (χ4v) is 6.63. The van der Waals surface area contributed by atoms with Crippen LogP contribution in [0.1, 0.15) is 78.9 Å². The Bertz CT molecular complexity index is 1570. The lowest BCUT2D eigenvalue weighted by Gasteiger charge is -2.42. The predicted octanol–water partition coefficient (Wildman–Crippen LogP) is 7.01. The van der Waals surface area contributed by atoms with E-state index in [1.807, 2.05) is 56.3 Å². The Morgan fingerprint density at radius 3 is 2.40 bits per heavy atom. The molecule has 0 saturated heterocycles. The van der Waals surface area contributed by atoms with Crippen LogP contribution in [-0.2, 0) is 43.8 Å². The van der Waals surface area contributed by atoms with E-state index in [1.165, 1.54) is 33.5 Å². The average molecular weight is 604 g/mol. The standard InChI is InChI=1S/C38H45N5O2/c1-38(2,3)45-37(44)43-26-32-11-5-4-10-31(32)22-34(43)27-42(35-15-8-12-30-13-9-21-41-36(30)35)25-29-18-16-28(17-19-29)23-39-24-33-14-6-7-20-40-33/h4-7,9-11,13-14,16-21,34-35,39H,8,12,15,22-27H2,1-3H3/t34-,35+/m1/s1. The number of pyridine rings is 2. The molecule has 2 aromatic heterocycles. The number of amides is 1. The number of nitrogens with zero attached hydrogens (tertiary/aromatic N) is 4. The molecule has 6 rings (SSSR count). The summed E-state index contributed by atoms with van der Waals surface area (Å²) in [6.45, 7) is 9.41. The summed E-state index contributed by atoms with van der Waals surface area (Å²) in [5.74, 6) is 0. The Morgan fingerprint density at radius 2 is 1.62 bits per heavy atom. The van der Waals surface area contributed by atoms with Gasteiger partial charge in [-0.05, 0) is 92.5 Å². The molecule has 0 saturated carbocycles. The van der Waals surface area contributed by atoms with Gasteiger partial charge in [-0.3, -0.25) is 19.8 Å². The maximum Gasteiger partial charge on any atom is 0.410 e. The van der Waals surface area contributed by atoms with Crippen LogP contribution < -0.4 is 5.32 Å². The molecule has 2 atom stereocenters. The van der Waals surface area contributed by atoms with Crippen LogP contribution in [0.15, 0.2) is 91.3 Å². The van der Waals surface area contributed by atoms with Crippen molar-refractivity contribution >= 4 is 6.09 Å². The highest BCUT2D eigenvalue weighted by Gasteiger charge is 2.36. The molecule has 1 N–H and O–H groups in total. The van der Waals surface area contributed by atoms with Crippen molar-refractivity contribution in [1.29, 1.82) is 0 Å². The van der Waals surface area contributed by atoms with Gasteiger partial charge in [0.05, 0.1) is 23.5 Å². The van der Waals surface area contributed by atoms with Crippen molar-refractivity contribution in [3.63, 3.8) is 0 Å². The van der Waals surface area contributed by atoms with E-state index < -0.39 is 5.60 Å². The molecule has 0 bridgehead atoms. The van der Waals surface area contributed by atoms with Gasteiger partial charge in [-0.2, -0.15) is 0 Å². The third-order valence-electron chi connectivity index (χ3n) is 8.80. The van der Waals surface area contributed by atoms with Crippen LogP contribution in [0.4, 0.5) is 4.79 Å². The van der Waals surface area contributed by atoms with Gasteiger partial charge in [0.1, 0.15) is 5.60 Å². The molecule has 234 valence electrons. The molecule has 7 nitrogen and oxygen atoms in total. The summed E-state index contributed by atoms with van der Waals surface area (Å²) < 4.78 is 5.94. The van der Waals surface area contributed by atoms with Crippen molar-refractivity contribution in [3.8, 4) is 0 Å². The van der Waals surface area contributed by atoms with E-state index in [0.717, 1.165) is 57.6 Å². The zero-order valence-electron chi connectivity index (χ0n) is 26.8. The number of ether oxygens (including phenoxy) is 1. The molecule has 1 aliphatic heterocycles. The minimum Gasteiger partial charge on any atom is -0.444 e. The Hall–Kier alpha value is -4.07. The maximum atomic E-state index is 13.6. The van der Waals surface area contributed by atoms with Crippen molar-refractivity contribution in [1.82, 2.24) is 25.1 Å². The Balaban J connectivity index is 1.24. The molecule has 3 heterocycles. The Labute approximate surface area is 267 Å². The molecule has 45 heavy (non-hydrogen) atoms. The lowest BCUT2D eigenvalue weighted by molar-refractivity contribution is 0.00400. The third kappa shape index (κ3) is 7.96. The summed E-state index contributed by atoms with van der Waals surface area (Å²) in [6, 6.07) is 27.9. The number of benzene rings is 2. The predicted molar refractivity (Wildman–Crippen MR) is 177 cm³/mol. The van der Waals surface area contributed by atoms with E-state index in [4.69, 9.17) is 9.72 Å². The molecular weight excluding hydrogens is 558 g/mol. The lowest BCUT2D eigenvalue weighted by Crippen LogP contribution is -2.52. The molecule has 1 aliphatic carbocycles. The highest BCUT2D eigenvalue weighted by atomic mass is 16.6. The number of aromatic nitrogens is 2. The van der Waals surface area contributed by atoms with Crippen molar-refractivity contribution in [2.45, 2.75) is 90.3 Å². The Morgan fingerprint density at radius 1 is 0.889 bits per heavy atom. The van der Waals surface area contributed by atoms with Gasteiger partial charge in [-0.15, -0.1) is 0 Å². The molecule has 4 aromatic rings. The highest BCUT2D eigenvalue weighted by molar-refractivity contribution is 5.69. The van der Waals surface area contributed by atoms with Crippen LogP contribution in [-0.4, -0.2) is 44.0 Å². The number of nitrogens with one attached hydrogen (secondary N) is 1.